The summed E-state index contributed by atoms with van der Waals surface area (Å²) in [4.78, 5) is 11.1. The molecule has 0 radical (unpaired) electrons. The predicted molar refractivity (Wildman–Crippen MR) is 74.9 cm³/mol. The summed E-state index contributed by atoms with van der Waals surface area (Å²) in [6, 6.07) is 4.32. The molecule has 0 aliphatic carbocycles. The Morgan fingerprint density at radius 1 is 1.35 bits per heavy atom. The monoisotopic (exact) mass is 299 g/mol. The van der Waals surface area contributed by atoms with Crippen molar-refractivity contribution in [2.75, 3.05) is 16.6 Å². The molecule has 1 fully saturated rings. The number of benzene rings is 1. The van der Waals surface area contributed by atoms with Crippen LogP contribution < -0.4 is 9.04 Å². The van der Waals surface area contributed by atoms with Gasteiger partial charge in [-0.05, 0) is 32.4 Å². The van der Waals surface area contributed by atoms with Gasteiger partial charge in [0, 0.05) is 12.6 Å². The van der Waals surface area contributed by atoms with E-state index in [-0.39, 0.29) is 17.4 Å². The second-order valence-corrected chi connectivity index (χ2v) is 6.94. The zero-order chi connectivity index (χ0) is 14.9. The lowest BCUT2D eigenvalue weighted by molar-refractivity contribution is 0.0696. The molecular formula is C13H17NO5S. The summed E-state index contributed by atoms with van der Waals surface area (Å²) in [5.41, 5.74) is 0.360. The molecule has 1 heterocycles. The van der Waals surface area contributed by atoms with Gasteiger partial charge in [-0.15, -0.1) is 0 Å². The number of carboxylic acids is 1. The van der Waals surface area contributed by atoms with E-state index >= 15 is 0 Å². The lowest BCUT2D eigenvalue weighted by atomic mass is 10.2. The average molecular weight is 299 g/mol. The molecule has 1 N–H and O–H groups in total. The number of sulfonamides is 1. The van der Waals surface area contributed by atoms with Crippen molar-refractivity contribution in [3.05, 3.63) is 23.8 Å². The molecule has 0 unspecified atom stereocenters. The van der Waals surface area contributed by atoms with Crippen LogP contribution in [0.1, 0.15) is 30.6 Å². The van der Waals surface area contributed by atoms with Gasteiger partial charge < -0.3 is 9.84 Å². The van der Waals surface area contributed by atoms with Crippen LogP contribution in [0, 0.1) is 0 Å². The number of hydrogen-bond acceptors (Lipinski definition) is 4. The van der Waals surface area contributed by atoms with Gasteiger partial charge in [-0.1, -0.05) is 0 Å². The number of carboxylic acid groups (broad SMARTS) is 1. The molecule has 0 aromatic heterocycles. The van der Waals surface area contributed by atoms with E-state index in [1.165, 1.54) is 16.4 Å². The molecule has 1 aromatic carbocycles. The maximum absolute atomic E-state index is 11.9. The average Bonchev–Trinajstić information content (AvgIpc) is 2.67. The molecular weight excluding hydrogens is 282 g/mol. The molecule has 0 atom stereocenters. The minimum atomic E-state index is -3.34. The van der Waals surface area contributed by atoms with Crippen LogP contribution in [0.2, 0.25) is 0 Å². The zero-order valence-electron chi connectivity index (χ0n) is 11.4. The maximum Gasteiger partial charge on any atom is 0.335 e. The van der Waals surface area contributed by atoms with E-state index in [0.29, 0.717) is 24.4 Å². The molecule has 6 nitrogen and oxygen atoms in total. The van der Waals surface area contributed by atoms with Gasteiger partial charge in [0.1, 0.15) is 5.75 Å². The quantitative estimate of drug-likeness (QED) is 0.915. The van der Waals surface area contributed by atoms with Crippen LogP contribution in [0.15, 0.2) is 18.2 Å². The van der Waals surface area contributed by atoms with Gasteiger partial charge in [0.25, 0.3) is 0 Å². The van der Waals surface area contributed by atoms with Crippen molar-refractivity contribution in [2.24, 2.45) is 0 Å². The van der Waals surface area contributed by atoms with Gasteiger partial charge in [0.2, 0.25) is 10.0 Å². The van der Waals surface area contributed by atoms with E-state index in [1.807, 2.05) is 13.8 Å². The van der Waals surface area contributed by atoms with Crippen LogP contribution in [0.4, 0.5) is 5.69 Å². The molecule has 0 saturated carbocycles. The van der Waals surface area contributed by atoms with Crippen LogP contribution in [-0.4, -0.2) is 37.9 Å². The third kappa shape index (κ3) is 3.04. The molecule has 1 aliphatic rings. The number of rotatable bonds is 4. The minimum absolute atomic E-state index is 0.0141. The van der Waals surface area contributed by atoms with E-state index in [4.69, 9.17) is 9.84 Å². The van der Waals surface area contributed by atoms with Crippen molar-refractivity contribution < 1.29 is 23.1 Å². The minimum Gasteiger partial charge on any atom is -0.491 e. The van der Waals surface area contributed by atoms with Gasteiger partial charge in [-0.3, -0.25) is 4.31 Å². The predicted octanol–water partition coefficient (Wildman–Crippen LogP) is 1.71. The third-order valence-corrected chi connectivity index (χ3v) is 4.77. The highest BCUT2D eigenvalue weighted by atomic mass is 32.2. The fourth-order valence-corrected chi connectivity index (χ4v) is 3.67. The summed E-state index contributed by atoms with van der Waals surface area (Å²) in [6.45, 7) is 4.01. The van der Waals surface area contributed by atoms with Gasteiger partial charge in [0.05, 0.1) is 23.1 Å². The number of carbonyl (C=O) groups is 1. The Kier molecular flexibility index (Phi) is 3.89. The summed E-state index contributed by atoms with van der Waals surface area (Å²) in [5, 5.41) is 9.12. The van der Waals surface area contributed by atoms with E-state index in [2.05, 4.69) is 0 Å². The molecule has 2 rings (SSSR count). The summed E-state index contributed by atoms with van der Waals surface area (Å²) in [7, 11) is -3.34. The van der Waals surface area contributed by atoms with Crippen LogP contribution >= 0.6 is 0 Å². The van der Waals surface area contributed by atoms with Crippen LogP contribution in [0.3, 0.4) is 0 Å². The third-order valence-electron chi connectivity index (χ3n) is 2.90. The van der Waals surface area contributed by atoms with Gasteiger partial charge in [-0.2, -0.15) is 0 Å². The maximum atomic E-state index is 11.9. The second kappa shape index (κ2) is 5.32. The van der Waals surface area contributed by atoms with E-state index in [1.54, 1.807) is 6.07 Å². The number of hydrogen-bond donors (Lipinski definition) is 1. The number of aromatic carboxylic acids is 1. The van der Waals surface area contributed by atoms with E-state index < -0.39 is 16.0 Å². The van der Waals surface area contributed by atoms with Crippen molar-refractivity contribution in [3.8, 4) is 5.75 Å². The van der Waals surface area contributed by atoms with Gasteiger partial charge in [-0.25, -0.2) is 13.2 Å². The summed E-state index contributed by atoms with van der Waals surface area (Å²) < 4.78 is 30.6. The lowest BCUT2D eigenvalue weighted by Gasteiger charge is -2.19. The standard InChI is InChI=1S/C13H17NO5S/c1-9(2)19-12-7-10(13(15)16)6-11(8-12)14-4-3-5-20(14,17)18/h6-9H,3-5H2,1-2H3,(H,15,16). The van der Waals surface area contributed by atoms with Crippen molar-refractivity contribution >= 4 is 21.7 Å². The summed E-state index contributed by atoms with van der Waals surface area (Å²) in [6.07, 6.45) is 0.419. The number of nitrogens with zero attached hydrogens (tertiary/aromatic N) is 1. The van der Waals surface area contributed by atoms with Crippen LogP contribution in [0.25, 0.3) is 0 Å². The van der Waals surface area contributed by atoms with Crippen LogP contribution in [0.5, 0.6) is 5.75 Å². The highest BCUT2D eigenvalue weighted by molar-refractivity contribution is 7.93. The largest absolute Gasteiger partial charge is 0.491 e. The molecule has 1 aliphatic heterocycles. The topological polar surface area (TPSA) is 83.9 Å². The second-order valence-electron chi connectivity index (χ2n) is 4.93. The number of anilines is 1. The van der Waals surface area contributed by atoms with Gasteiger partial charge in [0.15, 0.2) is 0 Å². The Balaban J connectivity index is 2.47. The van der Waals surface area contributed by atoms with Crippen LogP contribution in [-0.2, 0) is 10.0 Å². The molecule has 7 heteroatoms. The van der Waals surface area contributed by atoms with Crippen molar-refractivity contribution in [1.29, 1.82) is 0 Å². The first-order valence-electron chi connectivity index (χ1n) is 6.35. The van der Waals surface area contributed by atoms with E-state index in [0.717, 1.165) is 0 Å². The van der Waals surface area contributed by atoms with Crippen molar-refractivity contribution in [2.45, 2.75) is 26.4 Å². The first-order chi connectivity index (χ1) is 9.29. The molecule has 110 valence electrons. The Labute approximate surface area is 118 Å². The smallest absolute Gasteiger partial charge is 0.335 e. The van der Waals surface area contributed by atoms with Crippen molar-refractivity contribution in [3.63, 3.8) is 0 Å². The first-order valence-corrected chi connectivity index (χ1v) is 7.96. The lowest BCUT2D eigenvalue weighted by Crippen LogP contribution is -2.25. The Morgan fingerprint density at radius 3 is 2.55 bits per heavy atom. The Hall–Kier alpha value is -1.76. The molecule has 20 heavy (non-hydrogen) atoms. The summed E-state index contributed by atoms with van der Waals surface area (Å²) in [5.74, 6) is -0.668. The van der Waals surface area contributed by atoms with E-state index in [9.17, 15) is 13.2 Å². The highest BCUT2D eigenvalue weighted by Gasteiger charge is 2.29. The summed E-state index contributed by atoms with van der Waals surface area (Å²) >= 11 is 0. The van der Waals surface area contributed by atoms with Crippen molar-refractivity contribution in [1.82, 2.24) is 0 Å². The molecule has 0 spiro atoms. The molecule has 1 saturated heterocycles. The fraction of sp³-hybridized carbons (Fsp3) is 0.462. The van der Waals surface area contributed by atoms with Gasteiger partial charge >= 0.3 is 5.97 Å². The first kappa shape index (κ1) is 14.6. The Bertz CT molecular complexity index is 624. The normalized spacial score (nSPS) is 17.4. The highest BCUT2D eigenvalue weighted by Crippen LogP contribution is 2.29. The zero-order valence-corrected chi connectivity index (χ0v) is 12.2. The number of ether oxygens (including phenoxy) is 1. The molecule has 0 bridgehead atoms. The molecule has 1 aromatic rings. The Morgan fingerprint density at radius 2 is 2.05 bits per heavy atom. The SMILES string of the molecule is CC(C)Oc1cc(C(=O)O)cc(N2CCCS2(=O)=O)c1. The fourth-order valence-electron chi connectivity index (χ4n) is 2.12. The molecule has 0 amide bonds.